The Kier molecular flexibility index (Phi) is 5.44. The zero-order valence-corrected chi connectivity index (χ0v) is 16.3. The number of likely N-dealkylation sites (tertiary alicyclic amines) is 1. The van der Waals surface area contributed by atoms with Crippen molar-refractivity contribution in [1.29, 1.82) is 0 Å². The van der Waals surface area contributed by atoms with E-state index in [9.17, 15) is 4.39 Å². The van der Waals surface area contributed by atoms with Gasteiger partial charge in [-0.2, -0.15) is 0 Å². The Bertz CT molecular complexity index is 968. The predicted octanol–water partition coefficient (Wildman–Crippen LogP) is 4.73. The number of ether oxygens (including phenoxy) is 2. The van der Waals surface area contributed by atoms with Crippen molar-refractivity contribution in [1.82, 2.24) is 9.88 Å². The molecule has 146 valence electrons. The second-order valence-corrected chi connectivity index (χ2v) is 7.34. The van der Waals surface area contributed by atoms with Crippen LogP contribution in [0.1, 0.15) is 24.1 Å². The molecule has 0 saturated carbocycles. The molecule has 0 radical (unpaired) electrons. The van der Waals surface area contributed by atoms with Crippen LogP contribution in [0.25, 0.3) is 10.9 Å². The van der Waals surface area contributed by atoms with Gasteiger partial charge in [-0.15, -0.1) is 0 Å². The summed E-state index contributed by atoms with van der Waals surface area (Å²) in [5, 5.41) is 0.740. The minimum Gasteiger partial charge on any atom is -0.497 e. The molecule has 4 rings (SSSR count). The number of benzene rings is 2. The highest BCUT2D eigenvalue weighted by molar-refractivity contribution is 5.85. The van der Waals surface area contributed by atoms with Gasteiger partial charge in [0.15, 0.2) is 0 Å². The molecule has 1 saturated heterocycles. The Morgan fingerprint density at radius 3 is 2.68 bits per heavy atom. The van der Waals surface area contributed by atoms with E-state index in [2.05, 4.69) is 22.0 Å². The minimum atomic E-state index is -0.306. The van der Waals surface area contributed by atoms with Crippen molar-refractivity contribution in [3.8, 4) is 11.5 Å². The van der Waals surface area contributed by atoms with Gasteiger partial charge >= 0.3 is 0 Å². The molecule has 0 spiro atoms. The lowest BCUT2D eigenvalue weighted by Crippen LogP contribution is -2.37. The Hall–Kier alpha value is -2.66. The fourth-order valence-electron chi connectivity index (χ4n) is 3.80. The maximum atomic E-state index is 14.1. The van der Waals surface area contributed by atoms with Crippen molar-refractivity contribution in [3.05, 3.63) is 65.6 Å². The van der Waals surface area contributed by atoms with Crippen LogP contribution in [0.2, 0.25) is 0 Å². The summed E-state index contributed by atoms with van der Waals surface area (Å²) in [6.07, 6.45) is 2.03. The van der Waals surface area contributed by atoms with Gasteiger partial charge in [0, 0.05) is 36.8 Å². The summed E-state index contributed by atoms with van der Waals surface area (Å²) in [7, 11) is 1.69. The number of fused-ring (bicyclic) bond motifs is 1. The van der Waals surface area contributed by atoms with E-state index in [1.165, 1.54) is 11.6 Å². The fourth-order valence-corrected chi connectivity index (χ4v) is 3.80. The fraction of sp³-hybridized carbons (Fsp3) is 0.348. The first kappa shape index (κ1) is 18.7. The number of halogens is 1. The van der Waals surface area contributed by atoms with Gasteiger partial charge in [-0.3, -0.25) is 4.90 Å². The standard InChI is InChI=1S/C23H25FN2O2/c1-16-13-22(20-7-4-8-21(24)23(20)25-16)28-18-9-11-26(12-10-18)15-17-5-3-6-19(14-17)27-2/h3-8,13-14,18H,9-12,15H2,1-2H3. The molecule has 5 heteroatoms. The summed E-state index contributed by atoms with van der Waals surface area (Å²) in [6, 6.07) is 15.1. The summed E-state index contributed by atoms with van der Waals surface area (Å²) in [5.74, 6) is 1.32. The lowest BCUT2D eigenvalue weighted by molar-refractivity contribution is 0.0978. The number of piperidine rings is 1. The summed E-state index contributed by atoms with van der Waals surface area (Å²) in [5.41, 5.74) is 2.40. The quantitative estimate of drug-likeness (QED) is 0.641. The van der Waals surface area contributed by atoms with Crippen LogP contribution in [0.3, 0.4) is 0 Å². The Labute approximate surface area is 164 Å². The van der Waals surface area contributed by atoms with Gasteiger partial charge in [0.25, 0.3) is 0 Å². The van der Waals surface area contributed by atoms with Crippen LogP contribution in [-0.2, 0) is 6.54 Å². The number of aromatic nitrogens is 1. The number of hydrogen-bond acceptors (Lipinski definition) is 4. The first-order chi connectivity index (χ1) is 13.6. The summed E-state index contributed by atoms with van der Waals surface area (Å²) < 4.78 is 25.7. The first-order valence-corrected chi connectivity index (χ1v) is 9.70. The van der Waals surface area contributed by atoms with Crippen LogP contribution in [0.4, 0.5) is 4.39 Å². The van der Waals surface area contributed by atoms with E-state index >= 15 is 0 Å². The van der Waals surface area contributed by atoms with Crippen molar-refractivity contribution in [2.24, 2.45) is 0 Å². The third-order valence-corrected chi connectivity index (χ3v) is 5.25. The maximum absolute atomic E-state index is 14.1. The number of pyridine rings is 1. The van der Waals surface area contributed by atoms with E-state index in [0.29, 0.717) is 5.52 Å². The Morgan fingerprint density at radius 1 is 1.11 bits per heavy atom. The molecule has 3 aromatic rings. The second-order valence-electron chi connectivity index (χ2n) is 7.34. The van der Waals surface area contributed by atoms with Crippen LogP contribution in [0.15, 0.2) is 48.5 Å². The number of para-hydroxylation sites is 1. The molecule has 0 unspecified atom stereocenters. The third-order valence-electron chi connectivity index (χ3n) is 5.25. The molecule has 2 aromatic carbocycles. The summed E-state index contributed by atoms with van der Waals surface area (Å²) in [6.45, 7) is 4.72. The largest absolute Gasteiger partial charge is 0.497 e. The average molecular weight is 380 g/mol. The Balaban J connectivity index is 1.41. The highest BCUT2D eigenvalue weighted by Gasteiger charge is 2.22. The van der Waals surface area contributed by atoms with Crippen LogP contribution < -0.4 is 9.47 Å². The van der Waals surface area contributed by atoms with E-state index in [0.717, 1.165) is 55.1 Å². The van der Waals surface area contributed by atoms with E-state index in [4.69, 9.17) is 9.47 Å². The molecular weight excluding hydrogens is 355 g/mol. The van der Waals surface area contributed by atoms with Gasteiger partial charge in [0.1, 0.15) is 28.9 Å². The van der Waals surface area contributed by atoms with Crippen molar-refractivity contribution in [3.63, 3.8) is 0 Å². The SMILES string of the molecule is COc1cccc(CN2CCC(Oc3cc(C)nc4c(F)cccc34)CC2)c1. The number of aryl methyl sites for hydroxylation is 1. The van der Waals surface area contributed by atoms with Gasteiger partial charge < -0.3 is 9.47 Å². The number of nitrogens with zero attached hydrogens (tertiary/aromatic N) is 2. The minimum absolute atomic E-state index is 0.134. The van der Waals surface area contributed by atoms with Crippen LogP contribution in [0.5, 0.6) is 11.5 Å². The van der Waals surface area contributed by atoms with Gasteiger partial charge in [0.2, 0.25) is 0 Å². The molecule has 0 amide bonds. The second kappa shape index (κ2) is 8.15. The molecule has 0 bridgehead atoms. The predicted molar refractivity (Wildman–Crippen MR) is 108 cm³/mol. The topological polar surface area (TPSA) is 34.6 Å². The molecule has 0 atom stereocenters. The zero-order valence-electron chi connectivity index (χ0n) is 16.3. The van der Waals surface area contributed by atoms with E-state index in [1.54, 1.807) is 13.2 Å². The van der Waals surface area contributed by atoms with Gasteiger partial charge in [-0.05, 0) is 49.6 Å². The van der Waals surface area contributed by atoms with E-state index in [1.807, 2.05) is 31.2 Å². The molecule has 1 fully saturated rings. The molecule has 4 nitrogen and oxygen atoms in total. The molecule has 28 heavy (non-hydrogen) atoms. The van der Waals surface area contributed by atoms with Crippen molar-refractivity contribution in [2.75, 3.05) is 20.2 Å². The number of rotatable bonds is 5. The molecule has 0 aliphatic carbocycles. The lowest BCUT2D eigenvalue weighted by Gasteiger charge is -2.32. The average Bonchev–Trinajstić information content (AvgIpc) is 2.70. The molecule has 1 aliphatic heterocycles. The van der Waals surface area contributed by atoms with E-state index in [-0.39, 0.29) is 11.9 Å². The van der Waals surface area contributed by atoms with Crippen molar-refractivity contribution < 1.29 is 13.9 Å². The van der Waals surface area contributed by atoms with Crippen LogP contribution >= 0.6 is 0 Å². The van der Waals surface area contributed by atoms with Crippen molar-refractivity contribution >= 4 is 10.9 Å². The monoisotopic (exact) mass is 380 g/mol. The highest BCUT2D eigenvalue weighted by Crippen LogP contribution is 2.29. The van der Waals surface area contributed by atoms with Gasteiger partial charge in [0.05, 0.1) is 7.11 Å². The molecule has 0 N–H and O–H groups in total. The molecule has 2 heterocycles. The summed E-state index contributed by atoms with van der Waals surface area (Å²) in [4.78, 5) is 6.76. The molecular formula is C23H25FN2O2. The van der Waals surface area contributed by atoms with Gasteiger partial charge in [-0.1, -0.05) is 18.2 Å². The van der Waals surface area contributed by atoms with Crippen LogP contribution in [-0.4, -0.2) is 36.2 Å². The van der Waals surface area contributed by atoms with E-state index < -0.39 is 0 Å². The molecule has 1 aromatic heterocycles. The normalized spacial score (nSPS) is 15.7. The third kappa shape index (κ3) is 4.09. The lowest BCUT2D eigenvalue weighted by atomic mass is 10.1. The summed E-state index contributed by atoms with van der Waals surface area (Å²) >= 11 is 0. The van der Waals surface area contributed by atoms with Crippen LogP contribution in [0, 0.1) is 12.7 Å². The maximum Gasteiger partial charge on any atom is 0.149 e. The number of hydrogen-bond donors (Lipinski definition) is 0. The number of methoxy groups -OCH3 is 1. The molecule has 1 aliphatic rings. The first-order valence-electron chi connectivity index (χ1n) is 9.70. The van der Waals surface area contributed by atoms with Gasteiger partial charge in [-0.25, -0.2) is 9.37 Å². The Morgan fingerprint density at radius 2 is 1.89 bits per heavy atom. The smallest absolute Gasteiger partial charge is 0.149 e. The van der Waals surface area contributed by atoms with Crippen molar-refractivity contribution in [2.45, 2.75) is 32.4 Å². The highest BCUT2D eigenvalue weighted by atomic mass is 19.1. The zero-order chi connectivity index (χ0) is 19.5.